The van der Waals surface area contributed by atoms with E-state index in [1.54, 1.807) is 4.90 Å². The molecule has 3 aromatic heterocycles. The van der Waals surface area contributed by atoms with E-state index < -0.39 is 17.8 Å². The Bertz CT molecular complexity index is 1820. The summed E-state index contributed by atoms with van der Waals surface area (Å²) in [6.45, 7) is 7.63. The highest BCUT2D eigenvalue weighted by Gasteiger charge is 2.37. The summed E-state index contributed by atoms with van der Waals surface area (Å²) in [7, 11) is 5.14. The molecule has 0 aliphatic carbocycles. The van der Waals surface area contributed by atoms with Gasteiger partial charge in [-0.2, -0.15) is 15.2 Å². The van der Waals surface area contributed by atoms with Crippen molar-refractivity contribution in [2.75, 3.05) is 51.5 Å². The Labute approximate surface area is 262 Å². The van der Waals surface area contributed by atoms with Gasteiger partial charge >= 0.3 is 6.01 Å². The number of nitrogen functional groups attached to an aromatic ring is 1. The fraction of sp³-hybridized carbons (Fsp3) is 0.387. The summed E-state index contributed by atoms with van der Waals surface area (Å²) in [4.78, 5) is 31.0. The number of anilines is 2. The van der Waals surface area contributed by atoms with Crippen molar-refractivity contribution in [2.45, 2.75) is 38.0 Å². The molecule has 2 N–H and O–H groups in total. The minimum absolute atomic E-state index is 0.0486. The van der Waals surface area contributed by atoms with Gasteiger partial charge in [-0.05, 0) is 45.0 Å². The zero-order valence-electron chi connectivity index (χ0n) is 25.4. The molecule has 6 rings (SSSR count). The number of fused-ring (bicyclic) bond motifs is 2. The number of methoxy groups -OCH3 is 1. The standard InChI is InChI=1S/C26H23F2N7O2S.C5H10FN/c1-5-18(36)35-9-8-17(12(35)2)34(3)25-15-11-31-21(20(28)22(15)32-26(33-25)37-4)13-6-7-16(27)23-19(13)14(10-29)24(30)38-23;1-7-3-2-5(6)4-7/h5-7,11-12,17H,1,8-9,30H2,2-4H3;5H,2-4H2,1H3/t12-,17?;/m1./s1. The van der Waals surface area contributed by atoms with Crippen LogP contribution in [0.2, 0.25) is 0 Å². The molecule has 236 valence electrons. The first-order valence-electron chi connectivity index (χ1n) is 14.3. The number of halogens is 3. The number of hydrogen-bond donors (Lipinski definition) is 1. The number of thiophene rings is 1. The molecule has 1 amide bonds. The zero-order chi connectivity index (χ0) is 32.6. The van der Waals surface area contributed by atoms with Crippen LogP contribution in [-0.4, -0.2) is 89.8 Å². The van der Waals surface area contributed by atoms with Gasteiger partial charge in [0.2, 0.25) is 5.91 Å². The fourth-order valence-corrected chi connectivity index (χ4v) is 6.92. The molecule has 1 aromatic carbocycles. The van der Waals surface area contributed by atoms with Gasteiger partial charge in [0, 0.05) is 49.9 Å². The number of hydrogen-bond acceptors (Lipinski definition) is 10. The lowest BCUT2D eigenvalue weighted by molar-refractivity contribution is -0.126. The monoisotopic (exact) mass is 638 g/mol. The largest absolute Gasteiger partial charge is 0.467 e. The zero-order valence-corrected chi connectivity index (χ0v) is 26.2. The number of ether oxygens (including phenoxy) is 1. The van der Waals surface area contributed by atoms with Crippen LogP contribution in [0.1, 0.15) is 25.3 Å². The van der Waals surface area contributed by atoms with Crippen molar-refractivity contribution < 1.29 is 22.7 Å². The van der Waals surface area contributed by atoms with E-state index in [1.165, 1.54) is 31.5 Å². The van der Waals surface area contributed by atoms with Gasteiger partial charge in [-0.25, -0.2) is 13.2 Å². The Balaban J connectivity index is 0.000000505. The second-order valence-electron chi connectivity index (χ2n) is 11.1. The molecule has 2 unspecified atom stereocenters. The van der Waals surface area contributed by atoms with Crippen molar-refractivity contribution in [1.29, 1.82) is 5.26 Å². The third kappa shape index (κ3) is 5.85. The molecule has 2 aliphatic rings. The minimum Gasteiger partial charge on any atom is -0.467 e. The van der Waals surface area contributed by atoms with Crippen molar-refractivity contribution in [3.63, 3.8) is 0 Å². The van der Waals surface area contributed by atoms with Gasteiger partial charge in [0.15, 0.2) is 5.82 Å². The summed E-state index contributed by atoms with van der Waals surface area (Å²) >= 11 is 0.922. The van der Waals surface area contributed by atoms with Gasteiger partial charge in [0.05, 0.1) is 28.8 Å². The van der Waals surface area contributed by atoms with Crippen molar-refractivity contribution in [1.82, 2.24) is 24.8 Å². The Morgan fingerprint density at radius 2 is 2.04 bits per heavy atom. The number of aromatic nitrogens is 3. The number of amides is 1. The number of alkyl halides is 1. The Kier molecular flexibility index (Phi) is 9.13. The number of benzene rings is 1. The van der Waals surface area contributed by atoms with Crippen LogP contribution in [0.5, 0.6) is 6.01 Å². The second kappa shape index (κ2) is 12.9. The van der Waals surface area contributed by atoms with Crippen LogP contribution in [0.15, 0.2) is 31.0 Å². The maximum atomic E-state index is 16.2. The Morgan fingerprint density at radius 1 is 1.29 bits per heavy atom. The summed E-state index contributed by atoms with van der Waals surface area (Å²) < 4.78 is 48.3. The number of likely N-dealkylation sites (tertiary alicyclic amines) is 2. The molecule has 45 heavy (non-hydrogen) atoms. The average molecular weight is 639 g/mol. The lowest BCUT2D eigenvalue weighted by Crippen LogP contribution is -2.43. The number of carbonyl (C=O) groups excluding carboxylic acids is 1. The van der Waals surface area contributed by atoms with Crippen molar-refractivity contribution in [2.24, 2.45) is 0 Å². The smallest absolute Gasteiger partial charge is 0.318 e. The van der Waals surface area contributed by atoms with Crippen molar-refractivity contribution >= 4 is 49.1 Å². The average Bonchev–Trinajstić information content (AvgIpc) is 3.72. The van der Waals surface area contributed by atoms with Crippen molar-refractivity contribution in [3.05, 3.63) is 48.2 Å². The molecular weight excluding hydrogens is 605 g/mol. The number of carbonyl (C=O) groups is 1. The topological polar surface area (TPSA) is 124 Å². The van der Waals surface area contributed by atoms with Crippen LogP contribution < -0.4 is 15.4 Å². The van der Waals surface area contributed by atoms with Gasteiger partial charge in [0.25, 0.3) is 0 Å². The first-order valence-corrected chi connectivity index (χ1v) is 15.1. The quantitative estimate of drug-likeness (QED) is 0.304. The number of nitriles is 1. The molecular formula is C31H33F3N8O2S. The molecule has 10 nitrogen and oxygen atoms in total. The molecule has 0 saturated carbocycles. The second-order valence-corrected chi connectivity index (χ2v) is 12.1. The van der Waals surface area contributed by atoms with E-state index in [2.05, 4.69) is 21.5 Å². The Morgan fingerprint density at radius 3 is 2.64 bits per heavy atom. The van der Waals surface area contributed by atoms with Gasteiger partial charge < -0.3 is 25.2 Å². The molecule has 0 spiro atoms. The summed E-state index contributed by atoms with van der Waals surface area (Å²) in [5, 5.41) is 10.3. The molecule has 0 bridgehead atoms. The van der Waals surface area contributed by atoms with Crippen LogP contribution in [0.3, 0.4) is 0 Å². The van der Waals surface area contributed by atoms with Crippen LogP contribution in [0.4, 0.5) is 24.0 Å². The molecule has 5 heterocycles. The highest BCUT2D eigenvalue weighted by Crippen LogP contribution is 2.42. The summed E-state index contributed by atoms with van der Waals surface area (Å²) in [5.74, 6) is -1.11. The van der Waals surface area contributed by atoms with E-state index in [0.29, 0.717) is 30.7 Å². The molecule has 3 atom stereocenters. The van der Waals surface area contributed by atoms with Crippen LogP contribution in [0, 0.1) is 23.0 Å². The molecule has 14 heteroatoms. The highest BCUT2D eigenvalue weighted by atomic mass is 32.1. The number of nitrogens with zero attached hydrogens (tertiary/aromatic N) is 7. The number of pyridine rings is 1. The van der Waals surface area contributed by atoms with E-state index in [0.717, 1.165) is 24.3 Å². The first kappa shape index (κ1) is 31.9. The third-order valence-corrected chi connectivity index (χ3v) is 9.38. The lowest BCUT2D eigenvalue weighted by Gasteiger charge is -2.31. The predicted octanol–water partition coefficient (Wildman–Crippen LogP) is 4.92. The number of rotatable bonds is 5. The van der Waals surface area contributed by atoms with Gasteiger partial charge in [0.1, 0.15) is 40.1 Å². The molecule has 2 aliphatic heterocycles. The van der Waals surface area contributed by atoms with E-state index in [1.807, 2.05) is 36.9 Å². The molecule has 2 saturated heterocycles. The highest BCUT2D eigenvalue weighted by molar-refractivity contribution is 7.23. The fourth-order valence-electron chi connectivity index (χ4n) is 5.97. The lowest BCUT2D eigenvalue weighted by atomic mass is 10.0. The minimum atomic E-state index is -0.776. The number of likely N-dealkylation sites (N-methyl/N-ethyl adjacent to an activating group) is 1. The molecule has 4 aromatic rings. The maximum Gasteiger partial charge on any atom is 0.318 e. The van der Waals surface area contributed by atoms with E-state index in [4.69, 9.17) is 10.5 Å². The van der Waals surface area contributed by atoms with E-state index >= 15 is 4.39 Å². The molecule has 0 radical (unpaired) electrons. The maximum absolute atomic E-state index is 16.2. The normalized spacial score (nSPS) is 19.8. The Hall–Kier alpha value is -4.48. The summed E-state index contributed by atoms with van der Waals surface area (Å²) in [5.41, 5.74) is 6.08. The van der Waals surface area contributed by atoms with Gasteiger partial charge in [-0.1, -0.05) is 6.58 Å². The van der Waals surface area contributed by atoms with Crippen LogP contribution in [-0.2, 0) is 4.79 Å². The summed E-state index contributed by atoms with van der Waals surface area (Å²) in [6.07, 6.45) is 3.58. The van der Waals surface area contributed by atoms with E-state index in [-0.39, 0.29) is 61.4 Å². The van der Waals surface area contributed by atoms with Gasteiger partial charge in [-0.3, -0.25) is 9.78 Å². The van der Waals surface area contributed by atoms with Crippen molar-refractivity contribution in [3.8, 4) is 23.3 Å². The first-order chi connectivity index (χ1) is 21.5. The third-order valence-electron chi connectivity index (χ3n) is 8.35. The van der Waals surface area contributed by atoms with Crippen LogP contribution >= 0.6 is 11.3 Å². The number of nitrogens with two attached hydrogens (primary N) is 1. The molecule has 2 fully saturated rings. The van der Waals surface area contributed by atoms with E-state index in [9.17, 15) is 18.8 Å². The summed E-state index contributed by atoms with van der Waals surface area (Å²) in [6, 6.07) is 4.23. The van der Waals surface area contributed by atoms with Gasteiger partial charge in [-0.15, -0.1) is 11.3 Å². The SMILES string of the molecule is C=CC(=O)N1CCC(N(C)c2nc(OC)nc3c(F)c(-c4ccc(F)c5sc(N)c(C#N)c45)ncc23)[C@H]1C.CN1CCC(F)C1. The van der Waals surface area contributed by atoms with Crippen LogP contribution in [0.25, 0.3) is 32.2 Å². The predicted molar refractivity (Wildman–Crippen MR) is 169 cm³/mol.